The summed E-state index contributed by atoms with van der Waals surface area (Å²) >= 11 is 0. The molecule has 5 nitrogen and oxygen atoms in total. The minimum absolute atomic E-state index is 0.0753. The number of fused-ring (bicyclic) bond motifs is 1. The summed E-state index contributed by atoms with van der Waals surface area (Å²) in [6.45, 7) is 3.55. The van der Waals surface area contributed by atoms with Crippen LogP contribution in [0.3, 0.4) is 0 Å². The molecule has 0 amide bonds. The van der Waals surface area contributed by atoms with Gasteiger partial charge in [-0.3, -0.25) is 9.69 Å². The first-order valence-electron chi connectivity index (χ1n) is 8.96. The van der Waals surface area contributed by atoms with E-state index >= 15 is 0 Å². The van der Waals surface area contributed by atoms with Gasteiger partial charge in [-0.1, -0.05) is 12.1 Å². The molecule has 1 aromatic heterocycles. The molecule has 132 valence electrons. The second-order valence-corrected chi connectivity index (χ2v) is 6.98. The van der Waals surface area contributed by atoms with Gasteiger partial charge in [-0.05, 0) is 55.6 Å². The van der Waals surface area contributed by atoms with E-state index in [0.29, 0.717) is 12.5 Å². The van der Waals surface area contributed by atoms with Gasteiger partial charge in [-0.15, -0.1) is 0 Å². The number of nitrogens with zero attached hydrogens (tertiary/aromatic N) is 2. The molecule has 1 unspecified atom stereocenters. The van der Waals surface area contributed by atoms with Crippen LogP contribution in [0.25, 0.3) is 0 Å². The average molecular weight is 340 g/mol. The summed E-state index contributed by atoms with van der Waals surface area (Å²) in [6.07, 6.45) is 4.11. The Labute approximate surface area is 147 Å². The van der Waals surface area contributed by atoms with Crippen molar-refractivity contribution in [1.29, 1.82) is 0 Å². The first kappa shape index (κ1) is 16.2. The number of hydrogen-bond acceptors (Lipinski definition) is 4. The molecule has 0 spiro atoms. The molecule has 0 aliphatic carbocycles. The van der Waals surface area contributed by atoms with Crippen molar-refractivity contribution in [2.75, 3.05) is 26.2 Å². The average Bonchev–Trinajstić information content (AvgIpc) is 2.65. The number of benzene rings is 1. The fourth-order valence-corrected chi connectivity index (χ4v) is 3.71. The number of para-hydroxylation sites is 2. The Hall–Kier alpha value is -2.27. The summed E-state index contributed by atoms with van der Waals surface area (Å²) in [5.41, 5.74) is 1.25. The first-order chi connectivity index (χ1) is 12.2. The third-order valence-corrected chi connectivity index (χ3v) is 5.22. The Kier molecular flexibility index (Phi) is 4.49. The lowest BCUT2D eigenvalue weighted by Gasteiger charge is -2.35. The predicted molar refractivity (Wildman–Crippen MR) is 96.5 cm³/mol. The number of aromatic nitrogens is 1. The number of likely N-dealkylation sites (tertiary alicyclic amines) is 1. The normalized spacial score (nSPS) is 21.2. The molecule has 0 saturated carbocycles. The van der Waals surface area contributed by atoms with Crippen molar-refractivity contribution in [2.45, 2.75) is 24.9 Å². The summed E-state index contributed by atoms with van der Waals surface area (Å²) in [4.78, 5) is 14.3. The van der Waals surface area contributed by atoms with Gasteiger partial charge in [0.2, 0.25) is 0 Å². The zero-order chi connectivity index (χ0) is 17.2. The van der Waals surface area contributed by atoms with Crippen molar-refractivity contribution >= 4 is 0 Å². The van der Waals surface area contributed by atoms with E-state index in [2.05, 4.69) is 11.0 Å². The van der Waals surface area contributed by atoms with Crippen LogP contribution in [0.4, 0.5) is 0 Å². The van der Waals surface area contributed by atoms with Crippen LogP contribution < -0.4 is 15.0 Å². The molecule has 4 rings (SSSR count). The second-order valence-electron chi connectivity index (χ2n) is 6.98. The standard InChI is InChI=1S/C20H24N2O3/c1-21-9-6-16(12-20(21)23)15-7-10-22(11-8-15)13-17-14-24-18-4-2-3-5-19(18)25-17/h2-6,9,12,15,17H,7-8,10-11,13-14H2,1H3. The largest absolute Gasteiger partial charge is 0.486 e. The fraction of sp³-hybridized carbons (Fsp3) is 0.450. The smallest absolute Gasteiger partial charge is 0.250 e. The molecule has 2 aliphatic rings. The Morgan fingerprint density at radius 2 is 1.88 bits per heavy atom. The van der Waals surface area contributed by atoms with Gasteiger partial charge < -0.3 is 14.0 Å². The maximum Gasteiger partial charge on any atom is 0.250 e. The van der Waals surface area contributed by atoms with Crippen LogP contribution >= 0.6 is 0 Å². The highest BCUT2D eigenvalue weighted by molar-refractivity contribution is 5.40. The fourth-order valence-electron chi connectivity index (χ4n) is 3.71. The SMILES string of the molecule is Cn1ccc(C2CCN(CC3COc4ccccc4O3)CC2)cc1=O. The van der Waals surface area contributed by atoms with Crippen molar-refractivity contribution < 1.29 is 9.47 Å². The van der Waals surface area contributed by atoms with Gasteiger partial charge in [0.15, 0.2) is 11.5 Å². The monoisotopic (exact) mass is 340 g/mol. The van der Waals surface area contributed by atoms with Gasteiger partial charge in [-0.2, -0.15) is 0 Å². The lowest BCUT2D eigenvalue weighted by molar-refractivity contribution is 0.0514. The Balaban J connectivity index is 1.32. The maximum atomic E-state index is 11.8. The molecular weight excluding hydrogens is 316 g/mol. The van der Waals surface area contributed by atoms with Crippen molar-refractivity contribution in [2.24, 2.45) is 7.05 Å². The Morgan fingerprint density at radius 1 is 1.12 bits per heavy atom. The zero-order valence-corrected chi connectivity index (χ0v) is 14.6. The van der Waals surface area contributed by atoms with Crippen molar-refractivity contribution in [3.8, 4) is 11.5 Å². The van der Waals surface area contributed by atoms with Crippen LogP contribution in [0.1, 0.15) is 24.3 Å². The van der Waals surface area contributed by atoms with Gasteiger partial charge >= 0.3 is 0 Å². The first-order valence-corrected chi connectivity index (χ1v) is 8.96. The van der Waals surface area contributed by atoms with Gasteiger partial charge in [0.25, 0.3) is 5.56 Å². The number of ether oxygens (including phenoxy) is 2. The molecular formula is C20H24N2O3. The van der Waals surface area contributed by atoms with E-state index in [4.69, 9.17) is 9.47 Å². The summed E-state index contributed by atoms with van der Waals surface area (Å²) < 4.78 is 13.5. The van der Waals surface area contributed by atoms with Gasteiger partial charge in [0.1, 0.15) is 12.7 Å². The zero-order valence-electron chi connectivity index (χ0n) is 14.6. The minimum Gasteiger partial charge on any atom is -0.486 e. The van der Waals surface area contributed by atoms with Crippen molar-refractivity contribution in [3.05, 3.63) is 58.5 Å². The second kappa shape index (κ2) is 6.92. The topological polar surface area (TPSA) is 43.7 Å². The maximum absolute atomic E-state index is 11.8. The molecule has 0 N–H and O–H groups in total. The van der Waals surface area contributed by atoms with Crippen LogP contribution in [-0.4, -0.2) is 41.8 Å². The lowest BCUT2D eigenvalue weighted by Crippen LogP contribution is -2.44. The van der Waals surface area contributed by atoms with E-state index in [1.54, 1.807) is 17.7 Å². The predicted octanol–water partition coefficient (Wildman–Crippen LogP) is 2.40. The van der Waals surface area contributed by atoms with E-state index in [1.165, 1.54) is 5.56 Å². The number of piperidine rings is 1. The van der Waals surface area contributed by atoms with Crippen LogP contribution in [-0.2, 0) is 7.05 Å². The summed E-state index contributed by atoms with van der Waals surface area (Å²) in [7, 11) is 1.79. The van der Waals surface area contributed by atoms with E-state index in [9.17, 15) is 4.79 Å². The number of aryl methyl sites for hydroxylation is 1. The Bertz CT molecular complexity index is 794. The molecule has 0 radical (unpaired) electrons. The molecule has 25 heavy (non-hydrogen) atoms. The minimum atomic E-state index is 0.0753. The summed E-state index contributed by atoms with van der Waals surface area (Å²) in [6, 6.07) is 11.7. The third kappa shape index (κ3) is 3.56. The van der Waals surface area contributed by atoms with Crippen LogP contribution in [0.5, 0.6) is 11.5 Å². The van der Waals surface area contributed by atoms with E-state index < -0.39 is 0 Å². The van der Waals surface area contributed by atoms with E-state index in [0.717, 1.165) is 44.0 Å². The van der Waals surface area contributed by atoms with E-state index in [1.807, 2.05) is 30.5 Å². The molecule has 3 heterocycles. The highest BCUT2D eigenvalue weighted by atomic mass is 16.6. The third-order valence-electron chi connectivity index (χ3n) is 5.22. The molecule has 5 heteroatoms. The van der Waals surface area contributed by atoms with Crippen LogP contribution in [0, 0.1) is 0 Å². The number of pyridine rings is 1. The highest BCUT2D eigenvalue weighted by Crippen LogP contribution is 2.32. The summed E-state index contributed by atoms with van der Waals surface area (Å²) in [5.74, 6) is 2.16. The van der Waals surface area contributed by atoms with Gasteiger partial charge in [0.05, 0.1) is 0 Å². The molecule has 1 atom stereocenters. The number of rotatable bonds is 3. The van der Waals surface area contributed by atoms with Crippen LogP contribution in [0.15, 0.2) is 47.4 Å². The molecule has 1 fully saturated rings. The van der Waals surface area contributed by atoms with Gasteiger partial charge in [0, 0.05) is 25.9 Å². The molecule has 1 aromatic carbocycles. The summed E-state index contributed by atoms with van der Waals surface area (Å²) in [5, 5.41) is 0. The number of hydrogen-bond donors (Lipinski definition) is 0. The van der Waals surface area contributed by atoms with E-state index in [-0.39, 0.29) is 11.7 Å². The van der Waals surface area contributed by atoms with Crippen molar-refractivity contribution in [1.82, 2.24) is 9.47 Å². The molecule has 2 aliphatic heterocycles. The molecule has 1 saturated heterocycles. The molecule has 2 aromatic rings. The van der Waals surface area contributed by atoms with Crippen molar-refractivity contribution in [3.63, 3.8) is 0 Å². The lowest BCUT2D eigenvalue weighted by atomic mass is 9.90. The highest BCUT2D eigenvalue weighted by Gasteiger charge is 2.26. The quantitative estimate of drug-likeness (QED) is 0.861. The molecule has 0 bridgehead atoms. The Morgan fingerprint density at radius 3 is 2.64 bits per heavy atom. The van der Waals surface area contributed by atoms with Gasteiger partial charge in [-0.25, -0.2) is 0 Å². The van der Waals surface area contributed by atoms with Crippen LogP contribution in [0.2, 0.25) is 0 Å².